The molecule has 2 amide bonds. The van der Waals surface area contributed by atoms with Gasteiger partial charge in [0.25, 0.3) is 11.8 Å². The molecule has 14 heteroatoms. The Labute approximate surface area is 274 Å². The Morgan fingerprint density at radius 2 is 1.49 bits per heavy atom. The van der Waals surface area contributed by atoms with E-state index in [1.165, 1.54) is 52.8 Å². The van der Waals surface area contributed by atoms with Gasteiger partial charge in [-0.2, -0.15) is 12.7 Å². The Balaban J connectivity index is 1.23. The zero-order valence-electron chi connectivity index (χ0n) is 26.3. The van der Waals surface area contributed by atoms with Crippen LogP contribution in [0, 0.1) is 6.92 Å². The zero-order valence-corrected chi connectivity index (χ0v) is 27.9. The predicted molar refractivity (Wildman–Crippen MR) is 171 cm³/mol. The van der Waals surface area contributed by atoms with E-state index in [0.717, 1.165) is 25.9 Å². The molecule has 0 radical (unpaired) electrons. The van der Waals surface area contributed by atoms with Gasteiger partial charge in [-0.25, -0.2) is 8.42 Å². The normalized spacial score (nSPS) is 18.1. The maximum absolute atomic E-state index is 13.8. The van der Waals surface area contributed by atoms with Crippen LogP contribution in [0.4, 0.5) is 0 Å². The molecule has 3 aliphatic heterocycles. The maximum Gasteiger partial charge on any atom is 0.340 e. The molecule has 0 aromatic heterocycles. The average molecular weight is 684 g/mol. The van der Waals surface area contributed by atoms with Crippen LogP contribution in [-0.4, -0.2) is 81.7 Å². The second kappa shape index (κ2) is 13.4. The highest BCUT2D eigenvalue weighted by molar-refractivity contribution is 7.91. The van der Waals surface area contributed by atoms with Crippen LogP contribution in [0.2, 0.25) is 0 Å². The molecule has 0 spiro atoms. The van der Waals surface area contributed by atoms with Crippen molar-refractivity contribution >= 4 is 32.0 Å². The number of hydroxylamine groups is 2. The molecule has 47 heavy (non-hydrogen) atoms. The van der Waals surface area contributed by atoms with E-state index in [0.29, 0.717) is 49.0 Å². The van der Waals surface area contributed by atoms with Crippen molar-refractivity contribution < 1.29 is 40.2 Å². The number of amides is 2. The van der Waals surface area contributed by atoms with Gasteiger partial charge >= 0.3 is 10.1 Å². The number of aryl methyl sites for hydroxylation is 1. The Hall–Kier alpha value is -3.82. The van der Waals surface area contributed by atoms with Gasteiger partial charge in [-0.3, -0.25) is 14.4 Å². The van der Waals surface area contributed by atoms with E-state index in [-0.39, 0.29) is 39.9 Å². The van der Waals surface area contributed by atoms with Gasteiger partial charge < -0.3 is 13.8 Å². The molecule has 0 atom stereocenters. The van der Waals surface area contributed by atoms with E-state index >= 15 is 0 Å². The summed E-state index contributed by atoms with van der Waals surface area (Å²) in [6.45, 7) is 6.38. The number of piperidine rings is 1. The molecule has 0 saturated carbocycles. The topological polar surface area (TPSA) is 140 Å². The van der Waals surface area contributed by atoms with Crippen LogP contribution in [0.5, 0.6) is 17.2 Å². The van der Waals surface area contributed by atoms with Crippen molar-refractivity contribution in [2.45, 2.75) is 61.8 Å². The van der Waals surface area contributed by atoms with Crippen molar-refractivity contribution in [3.05, 3.63) is 77.4 Å². The van der Waals surface area contributed by atoms with E-state index < -0.39 is 36.9 Å². The van der Waals surface area contributed by atoms with Gasteiger partial charge in [0, 0.05) is 25.2 Å². The van der Waals surface area contributed by atoms with Crippen molar-refractivity contribution in [1.29, 1.82) is 0 Å². The highest BCUT2D eigenvalue weighted by Gasteiger charge is 2.40. The first-order valence-electron chi connectivity index (χ1n) is 15.7. The van der Waals surface area contributed by atoms with Gasteiger partial charge in [-0.05, 0) is 94.1 Å². The summed E-state index contributed by atoms with van der Waals surface area (Å²) in [7, 11) is -8.77. The number of carbonyl (C=O) groups is 2. The minimum absolute atomic E-state index is 0.0220. The third-order valence-electron chi connectivity index (χ3n) is 8.54. The van der Waals surface area contributed by atoms with Gasteiger partial charge in [-0.1, -0.05) is 25.1 Å². The second-order valence-corrected chi connectivity index (χ2v) is 15.3. The minimum Gasteiger partial charge on any atom is -0.456 e. The Kier molecular flexibility index (Phi) is 9.40. The Morgan fingerprint density at radius 1 is 0.809 bits per heavy atom. The fourth-order valence-electron chi connectivity index (χ4n) is 6.30. The quantitative estimate of drug-likeness (QED) is 0.206. The second-order valence-electron chi connectivity index (χ2n) is 11.9. The smallest absolute Gasteiger partial charge is 0.340 e. The zero-order chi connectivity index (χ0) is 33.3. The number of nitrogens with zero attached hydrogens (tertiary/aromatic N) is 3. The third-order valence-corrected chi connectivity index (χ3v) is 11.9. The largest absolute Gasteiger partial charge is 0.456 e. The molecular formula is C33H37N3O9S2. The number of benzene rings is 3. The number of rotatable bonds is 11. The molecule has 2 fully saturated rings. The summed E-state index contributed by atoms with van der Waals surface area (Å²) in [5.41, 5.74) is 0.708. The van der Waals surface area contributed by atoms with E-state index in [1.807, 2.05) is 6.92 Å². The van der Waals surface area contributed by atoms with Crippen LogP contribution in [0.3, 0.4) is 0 Å². The Bertz CT molecular complexity index is 1900. The molecule has 0 unspecified atom stereocenters. The SMILES string of the molecule is CCCON1C(=O)c2cccc(Oc3cc(C)cc(OS(=O)(=O)c4ccccc4S(=O)(=O)N4CCC(N5CCCC5)CC4)c3)c2C1=O. The summed E-state index contributed by atoms with van der Waals surface area (Å²) in [5.74, 6) is -1.18. The maximum atomic E-state index is 13.8. The number of carbonyl (C=O) groups excluding carboxylic acids is 2. The van der Waals surface area contributed by atoms with Gasteiger partial charge in [0.1, 0.15) is 27.0 Å². The van der Waals surface area contributed by atoms with E-state index in [9.17, 15) is 26.4 Å². The number of sulfonamides is 1. The molecule has 0 aliphatic carbocycles. The van der Waals surface area contributed by atoms with Crippen LogP contribution in [0.15, 0.2) is 70.5 Å². The van der Waals surface area contributed by atoms with Gasteiger partial charge in [0.05, 0.1) is 17.7 Å². The van der Waals surface area contributed by atoms with Crippen molar-refractivity contribution in [2.24, 2.45) is 0 Å². The first-order valence-corrected chi connectivity index (χ1v) is 18.6. The molecule has 3 heterocycles. The monoisotopic (exact) mass is 683 g/mol. The molecule has 250 valence electrons. The molecule has 12 nitrogen and oxygen atoms in total. The number of fused-ring (bicyclic) bond motifs is 1. The van der Waals surface area contributed by atoms with E-state index in [4.69, 9.17) is 13.8 Å². The molecule has 3 aromatic rings. The highest BCUT2D eigenvalue weighted by Crippen LogP contribution is 2.36. The standard InChI is InChI=1S/C33H37N3O9S2/c1-3-19-43-36-32(37)27-9-8-10-28(31(27)33(36)38)44-25-20-23(2)21-26(22-25)45-47(41,42)30-12-5-4-11-29(30)46(39,40)35-17-13-24(14-18-35)34-15-6-7-16-34/h4-5,8-12,20-22,24H,3,6-7,13-19H2,1-2H3. The number of hydrogen-bond donors (Lipinski definition) is 0. The Morgan fingerprint density at radius 3 is 2.19 bits per heavy atom. The van der Waals surface area contributed by atoms with Crippen LogP contribution >= 0.6 is 0 Å². The first-order chi connectivity index (χ1) is 22.5. The highest BCUT2D eigenvalue weighted by atomic mass is 32.2. The van der Waals surface area contributed by atoms with Crippen LogP contribution in [-0.2, 0) is 25.0 Å². The van der Waals surface area contributed by atoms with Crippen molar-refractivity contribution in [3.63, 3.8) is 0 Å². The number of likely N-dealkylation sites (tertiary alicyclic amines) is 1. The first kappa shape index (κ1) is 33.1. The molecule has 0 N–H and O–H groups in total. The number of hydrogen-bond acceptors (Lipinski definition) is 10. The lowest BCUT2D eigenvalue weighted by Gasteiger charge is -2.36. The third kappa shape index (κ3) is 6.65. The average Bonchev–Trinajstić information content (AvgIpc) is 3.67. The fraction of sp³-hybridized carbons (Fsp3) is 0.394. The summed E-state index contributed by atoms with van der Waals surface area (Å²) in [6, 6.07) is 14.7. The van der Waals surface area contributed by atoms with Crippen LogP contribution in [0.1, 0.15) is 65.3 Å². The lowest BCUT2D eigenvalue weighted by molar-refractivity contribution is -0.0910. The molecular weight excluding hydrogens is 647 g/mol. The van der Waals surface area contributed by atoms with Gasteiger partial charge in [0.2, 0.25) is 10.0 Å². The molecule has 3 aromatic carbocycles. The van der Waals surface area contributed by atoms with E-state index in [1.54, 1.807) is 19.1 Å². The molecule has 3 aliphatic rings. The van der Waals surface area contributed by atoms with Crippen LogP contribution < -0.4 is 8.92 Å². The predicted octanol–water partition coefficient (Wildman–Crippen LogP) is 4.74. The summed E-state index contributed by atoms with van der Waals surface area (Å²) < 4.78 is 67.7. The molecule has 0 bridgehead atoms. The lowest BCUT2D eigenvalue weighted by Crippen LogP contribution is -2.46. The lowest BCUT2D eigenvalue weighted by atomic mass is 10.1. The van der Waals surface area contributed by atoms with Crippen molar-refractivity contribution in [2.75, 3.05) is 32.8 Å². The number of ether oxygens (including phenoxy) is 1. The van der Waals surface area contributed by atoms with Crippen molar-refractivity contribution in [1.82, 2.24) is 14.3 Å². The van der Waals surface area contributed by atoms with Crippen LogP contribution in [0.25, 0.3) is 0 Å². The summed E-state index contributed by atoms with van der Waals surface area (Å²) in [4.78, 5) is 32.8. The summed E-state index contributed by atoms with van der Waals surface area (Å²) in [5, 5.41) is 0.708. The van der Waals surface area contributed by atoms with Gasteiger partial charge in [-0.15, -0.1) is 5.06 Å². The van der Waals surface area contributed by atoms with Crippen molar-refractivity contribution in [3.8, 4) is 17.2 Å². The minimum atomic E-state index is -4.63. The summed E-state index contributed by atoms with van der Waals surface area (Å²) >= 11 is 0. The number of imide groups is 1. The van der Waals surface area contributed by atoms with E-state index in [2.05, 4.69) is 4.90 Å². The molecule has 2 saturated heterocycles. The molecule has 6 rings (SSSR count). The van der Waals surface area contributed by atoms with Gasteiger partial charge in [0.15, 0.2) is 0 Å². The summed E-state index contributed by atoms with van der Waals surface area (Å²) in [6.07, 6.45) is 4.27. The fourth-order valence-corrected chi connectivity index (χ4v) is 9.46.